The normalized spacial score (nSPS) is 14.1. The highest BCUT2D eigenvalue weighted by Gasteiger charge is 2.14. The summed E-state index contributed by atoms with van der Waals surface area (Å²) in [6.45, 7) is 4.18. The van der Waals surface area contributed by atoms with E-state index in [2.05, 4.69) is 19.2 Å². The van der Waals surface area contributed by atoms with Gasteiger partial charge in [-0.25, -0.2) is 0 Å². The zero-order valence-corrected chi connectivity index (χ0v) is 13.6. The molecule has 1 N–H and O–H groups in total. The molecule has 2 aromatic rings. The third kappa shape index (κ3) is 3.89. The summed E-state index contributed by atoms with van der Waals surface area (Å²) in [6, 6.07) is 13.6. The number of hydrogen-bond donors (Lipinski definition) is 1. The van der Waals surface area contributed by atoms with E-state index >= 15 is 0 Å². The van der Waals surface area contributed by atoms with E-state index in [-0.39, 0.29) is 12.1 Å². The highest BCUT2D eigenvalue weighted by atomic mass is 35.5. The van der Waals surface area contributed by atoms with Gasteiger partial charge in [-0.3, -0.25) is 0 Å². The molecule has 1 unspecified atom stereocenters. The molecule has 0 aliphatic rings. The lowest BCUT2D eigenvalue weighted by Gasteiger charge is -2.22. The van der Waals surface area contributed by atoms with Crippen LogP contribution in [-0.4, -0.2) is 0 Å². The van der Waals surface area contributed by atoms with Crippen molar-refractivity contribution in [1.82, 2.24) is 5.32 Å². The Kier molecular flexibility index (Phi) is 5.34. The average Bonchev–Trinajstić information content (AvgIpc) is 2.42. The molecule has 4 heteroatoms. The van der Waals surface area contributed by atoms with Crippen LogP contribution in [0.4, 0.5) is 0 Å². The van der Waals surface area contributed by atoms with Crippen molar-refractivity contribution in [3.63, 3.8) is 0 Å². The van der Waals surface area contributed by atoms with Crippen LogP contribution < -0.4 is 5.32 Å². The van der Waals surface area contributed by atoms with Crippen LogP contribution in [-0.2, 0) is 0 Å². The first kappa shape index (κ1) is 15.7. The molecule has 0 aliphatic heterocycles. The highest BCUT2D eigenvalue weighted by Crippen LogP contribution is 2.28. The maximum Gasteiger partial charge on any atom is 0.0454 e. The van der Waals surface area contributed by atoms with Crippen LogP contribution in [0.5, 0.6) is 0 Å². The van der Waals surface area contributed by atoms with Crippen molar-refractivity contribution in [2.75, 3.05) is 0 Å². The summed E-state index contributed by atoms with van der Waals surface area (Å²) in [4.78, 5) is 0. The Bertz CT molecular complexity index is 581. The number of benzene rings is 2. The summed E-state index contributed by atoms with van der Waals surface area (Å²) >= 11 is 18.2. The predicted molar refractivity (Wildman–Crippen MR) is 87.9 cm³/mol. The van der Waals surface area contributed by atoms with E-state index in [0.717, 1.165) is 15.6 Å². The first-order valence-corrected chi connectivity index (χ1v) is 7.57. The summed E-state index contributed by atoms with van der Waals surface area (Å²) in [5, 5.41) is 5.67. The third-order valence-corrected chi connectivity index (χ3v) is 4.13. The predicted octanol–water partition coefficient (Wildman–Crippen LogP) is 6.06. The van der Waals surface area contributed by atoms with Gasteiger partial charge in [-0.15, -0.1) is 0 Å². The number of rotatable bonds is 4. The molecule has 0 amide bonds. The molecule has 0 radical (unpaired) electrons. The first-order chi connectivity index (χ1) is 9.47. The van der Waals surface area contributed by atoms with Gasteiger partial charge in [0.15, 0.2) is 0 Å². The molecule has 0 saturated carbocycles. The van der Waals surface area contributed by atoms with Gasteiger partial charge in [-0.1, -0.05) is 46.9 Å². The Morgan fingerprint density at radius 3 is 2.05 bits per heavy atom. The molecule has 106 valence electrons. The van der Waals surface area contributed by atoms with Crippen molar-refractivity contribution in [2.24, 2.45) is 0 Å². The molecule has 0 aromatic heterocycles. The summed E-state index contributed by atoms with van der Waals surface area (Å²) in [5.41, 5.74) is 2.18. The SMILES string of the molecule is CC(N[C@H](C)c1ccc(Cl)cc1)c1cc(Cl)ccc1Cl. The van der Waals surface area contributed by atoms with Crippen molar-refractivity contribution >= 4 is 34.8 Å². The van der Waals surface area contributed by atoms with Crippen LogP contribution in [0.2, 0.25) is 15.1 Å². The van der Waals surface area contributed by atoms with E-state index in [1.807, 2.05) is 36.4 Å². The van der Waals surface area contributed by atoms with Crippen molar-refractivity contribution in [3.8, 4) is 0 Å². The quantitative estimate of drug-likeness (QED) is 0.719. The Hall–Kier alpha value is -0.730. The second kappa shape index (κ2) is 6.82. The molecule has 0 aliphatic carbocycles. The fourth-order valence-electron chi connectivity index (χ4n) is 2.16. The monoisotopic (exact) mass is 327 g/mol. The molecule has 0 bridgehead atoms. The summed E-state index contributed by atoms with van der Waals surface area (Å²) in [6.07, 6.45) is 0. The van der Waals surface area contributed by atoms with Crippen molar-refractivity contribution in [3.05, 3.63) is 68.7 Å². The van der Waals surface area contributed by atoms with Gasteiger partial charge in [-0.05, 0) is 55.3 Å². The second-order valence-electron chi connectivity index (χ2n) is 4.83. The van der Waals surface area contributed by atoms with Crippen LogP contribution in [0.3, 0.4) is 0 Å². The van der Waals surface area contributed by atoms with Gasteiger partial charge in [0.2, 0.25) is 0 Å². The van der Waals surface area contributed by atoms with Gasteiger partial charge in [0.25, 0.3) is 0 Å². The fraction of sp³-hybridized carbons (Fsp3) is 0.250. The Morgan fingerprint density at radius 1 is 0.800 bits per heavy atom. The van der Waals surface area contributed by atoms with E-state index in [0.29, 0.717) is 5.02 Å². The molecule has 0 fully saturated rings. The minimum atomic E-state index is 0.104. The molecule has 2 aromatic carbocycles. The lowest BCUT2D eigenvalue weighted by molar-refractivity contribution is 0.495. The minimum absolute atomic E-state index is 0.104. The molecule has 2 atom stereocenters. The Morgan fingerprint density at radius 2 is 1.40 bits per heavy atom. The van der Waals surface area contributed by atoms with Crippen LogP contribution in [0, 0.1) is 0 Å². The molecule has 1 nitrogen and oxygen atoms in total. The van der Waals surface area contributed by atoms with Crippen molar-refractivity contribution in [2.45, 2.75) is 25.9 Å². The molecule has 0 heterocycles. The molecular formula is C16H16Cl3N. The lowest BCUT2D eigenvalue weighted by atomic mass is 10.0. The zero-order chi connectivity index (χ0) is 14.7. The van der Waals surface area contributed by atoms with Crippen LogP contribution in [0.25, 0.3) is 0 Å². The number of halogens is 3. The minimum Gasteiger partial charge on any atom is -0.304 e. The molecule has 20 heavy (non-hydrogen) atoms. The standard InChI is InChI=1S/C16H16Cl3N/c1-10(12-3-5-13(17)6-4-12)20-11(2)15-9-14(18)7-8-16(15)19/h3-11,20H,1-2H3/t10-,11?/m1/s1. The molecule has 0 spiro atoms. The Balaban J connectivity index is 2.12. The van der Waals surface area contributed by atoms with Crippen LogP contribution in [0.15, 0.2) is 42.5 Å². The van der Waals surface area contributed by atoms with E-state index < -0.39 is 0 Å². The summed E-state index contributed by atoms with van der Waals surface area (Å²) in [7, 11) is 0. The fourth-order valence-corrected chi connectivity index (χ4v) is 2.75. The van der Waals surface area contributed by atoms with E-state index in [9.17, 15) is 0 Å². The van der Waals surface area contributed by atoms with Crippen molar-refractivity contribution < 1.29 is 0 Å². The third-order valence-electron chi connectivity index (χ3n) is 3.29. The largest absolute Gasteiger partial charge is 0.304 e. The van der Waals surface area contributed by atoms with Gasteiger partial charge in [0.1, 0.15) is 0 Å². The van der Waals surface area contributed by atoms with Gasteiger partial charge < -0.3 is 5.32 Å². The van der Waals surface area contributed by atoms with Crippen molar-refractivity contribution in [1.29, 1.82) is 0 Å². The van der Waals surface area contributed by atoms with Gasteiger partial charge in [0, 0.05) is 27.2 Å². The molecule has 2 rings (SSSR count). The topological polar surface area (TPSA) is 12.0 Å². The zero-order valence-electron chi connectivity index (χ0n) is 11.3. The average molecular weight is 329 g/mol. The summed E-state index contributed by atoms with van der Waals surface area (Å²) in [5.74, 6) is 0. The highest BCUT2D eigenvalue weighted by molar-refractivity contribution is 6.33. The first-order valence-electron chi connectivity index (χ1n) is 6.44. The Labute approximate surface area is 134 Å². The van der Waals surface area contributed by atoms with Gasteiger partial charge >= 0.3 is 0 Å². The van der Waals surface area contributed by atoms with E-state index in [1.165, 1.54) is 5.56 Å². The van der Waals surface area contributed by atoms with Crippen LogP contribution >= 0.6 is 34.8 Å². The van der Waals surface area contributed by atoms with Gasteiger partial charge in [0.05, 0.1) is 0 Å². The summed E-state index contributed by atoms with van der Waals surface area (Å²) < 4.78 is 0. The number of nitrogens with one attached hydrogen (secondary N) is 1. The molecular weight excluding hydrogens is 313 g/mol. The number of hydrogen-bond acceptors (Lipinski definition) is 1. The lowest BCUT2D eigenvalue weighted by Crippen LogP contribution is -2.22. The van der Waals surface area contributed by atoms with E-state index in [1.54, 1.807) is 6.07 Å². The van der Waals surface area contributed by atoms with Gasteiger partial charge in [-0.2, -0.15) is 0 Å². The maximum absolute atomic E-state index is 6.23. The van der Waals surface area contributed by atoms with Crippen LogP contribution in [0.1, 0.15) is 37.1 Å². The molecule has 0 saturated heterocycles. The smallest absolute Gasteiger partial charge is 0.0454 e. The maximum atomic E-state index is 6.23. The second-order valence-corrected chi connectivity index (χ2v) is 6.11. The van der Waals surface area contributed by atoms with E-state index in [4.69, 9.17) is 34.8 Å².